The lowest BCUT2D eigenvalue weighted by molar-refractivity contribution is 0.0965. The van der Waals surface area contributed by atoms with Crippen LogP contribution in [0.3, 0.4) is 0 Å². The first-order chi connectivity index (χ1) is 7.86. The van der Waals surface area contributed by atoms with Crippen LogP contribution in [0.15, 0.2) is 18.3 Å². The molecule has 16 heavy (non-hydrogen) atoms. The largest absolute Gasteiger partial charge is 0.475 e. The van der Waals surface area contributed by atoms with E-state index in [0.29, 0.717) is 25.0 Å². The lowest BCUT2D eigenvalue weighted by atomic mass is 10.3. The molecule has 0 atom stereocenters. The molecule has 0 unspecified atom stereocenters. The normalized spacial score (nSPS) is 10.4. The van der Waals surface area contributed by atoms with E-state index >= 15 is 0 Å². The summed E-state index contributed by atoms with van der Waals surface area (Å²) < 4.78 is 10.8. The van der Waals surface area contributed by atoms with Crippen molar-refractivity contribution in [3.63, 3.8) is 0 Å². The summed E-state index contributed by atoms with van der Waals surface area (Å²) in [6, 6.07) is 3.73. The lowest BCUT2D eigenvalue weighted by Crippen LogP contribution is -2.08. The molecule has 0 spiro atoms. The molecular formula is C12H18ClNO2. The van der Waals surface area contributed by atoms with Gasteiger partial charge in [0.1, 0.15) is 6.61 Å². The lowest BCUT2D eigenvalue weighted by Gasteiger charge is -2.06. The fourth-order valence-electron chi connectivity index (χ4n) is 1.13. The number of nitrogens with zero attached hydrogens (tertiary/aromatic N) is 1. The van der Waals surface area contributed by atoms with Gasteiger partial charge in [0, 0.05) is 24.8 Å². The van der Waals surface area contributed by atoms with Gasteiger partial charge in [0.15, 0.2) is 0 Å². The van der Waals surface area contributed by atoms with E-state index in [1.54, 1.807) is 6.20 Å². The van der Waals surface area contributed by atoms with Crippen LogP contribution >= 0.6 is 11.6 Å². The summed E-state index contributed by atoms with van der Waals surface area (Å²) in [5.74, 6) is 1.10. The number of halogens is 1. The average molecular weight is 244 g/mol. The van der Waals surface area contributed by atoms with Crippen LogP contribution in [-0.2, 0) is 10.6 Å². The number of ether oxygens (including phenoxy) is 2. The zero-order valence-electron chi connectivity index (χ0n) is 9.62. The summed E-state index contributed by atoms with van der Waals surface area (Å²) >= 11 is 5.65. The molecule has 1 rings (SSSR count). The molecule has 0 amide bonds. The maximum absolute atomic E-state index is 5.65. The maximum atomic E-state index is 5.65. The van der Waals surface area contributed by atoms with Crippen molar-refractivity contribution in [2.24, 2.45) is 0 Å². The Kier molecular flexibility index (Phi) is 6.93. The summed E-state index contributed by atoms with van der Waals surface area (Å²) in [6.07, 6.45) is 3.98. The number of rotatable bonds is 8. The zero-order chi connectivity index (χ0) is 11.6. The van der Waals surface area contributed by atoms with E-state index in [4.69, 9.17) is 21.1 Å². The number of unbranched alkanes of at least 4 members (excludes halogenated alkanes) is 1. The van der Waals surface area contributed by atoms with Crippen LogP contribution in [0.2, 0.25) is 0 Å². The molecule has 0 aliphatic rings. The monoisotopic (exact) mass is 243 g/mol. The van der Waals surface area contributed by atoms with Crippen molar-refractivity contribution in [2.75, 3.05) is 19.8 Å². The second-order valence-corrected chi connectivity index (χ2v) is 3.72. The molecule has 3 nitrogen and oxygen atoms in total. The van der Waals surface area contributed by atoms with Gasteiger partial charge in [-0.25, -0.2) is 4.98 Å². The van der Waals surface area contributed by atoms with Gasteiger partial charge in [0.2, 0.25) is 5.88 Å². The predicted molar refractivity (Wildman–Crippen MR) is 65.0 cm³/mol. The van der Waals surface area contributed by atoms with Crippen molar-refractivity contribution in [1.29, 1.82) is 0 Å². The Morgan fingerprint density at radius 1 is 1.25 bits per heavy atom. The molecule has 4 heteroatoms. The second-order valence-electron chi connectivity index (χ2n) is 3.45. The molecule has 0 fully saturated rings. The van der Waals surface area contributed by atoms with E-state index in [1.165, 1.54) is 0 Å². The summed E-state index contributed by atoms with van der Waals surface area (Å²) in [6.45, 7) is 4.09. The molecule has 1 aromatic heterocycles. The van der Waals surface area contributed by atoms with Crippen LogP contribution < -0.4 is 4.74 Å². The third-order valence-corrected chi connectivity index (χ3v) is 2.38. The molecule has 0 saturated heterocycles. The van der Waals surface area contributed by atoms with Crippen molar-refractivity contribution in [3.05, 3.63) is 23.9 Å². The molecule has 1 aromatic rings. The highest BCUT2D eigenvalue weighted by Crippen LogP contribution is 2.08. The highest BCUT2D eigenvalue weighted by molar-refractivity contribution is 6.17. The highest BCUT2D eigenvalue weighted by atomic mass is 35.5. The number of alkyl halides is 1. The summed E-state index contributed by atoms with van der Waals surface area (Å²) in [5, 5.41) is 0. The van der Waals surface area contributed by atoms with Crippen molar-refractivity contribution < 1.29 is 9.47 Å². The minimum atomic E-state index is 0.480. The van der Waals surface area contributed by atoms with Gasteiger partial charge >= 0.3 is 0 Å². The van der Waals surface area contributed by atoms with Crippen molar-refractivity contribution in [1.82, 2.24) is 4.98 Å². The number of hydrogen-bond donors (Lipinski definition) is 0. The minimum absolute atomic E-state index is 0.480. The van der Waals surface area contributed by atoms with Gasteiger partial charge in [0.05, 0.1) is 6.61 Å². The quantitative estimate of drug-likeness (QED) is 0.520. The smallest absolute Gasteiger partial charge is 0.213 e. The number of pyridine rings is 1. The molecule has 0 radical (unpaired) electrons. The number of aromatic nitrogens is 1. The third kappa shape index (κ3) is 5.33. The van der Waals surface area contributed by atoms with Gasteiger partial charge in [-0.3, -0.25) is 0 Å². The summed E-state index contributed by atoms with van der Waals surface area (Å²) in [7, 11) is 0. The number of hydrogen-bond acceptors (Lipinski definition) is 3. The molecule has 0 aliphatic carbocycles. The van der Waals surface area contributed by atoms with E-state index < -0.39 is 0 Å². The molecule has 0 saturated carbocycles. The molecule has 90 valence electrons. The van der Waals surface area contributed by atoms with Crippen molar-refractivity contribution in [2.45, 2.75) is 25.6 Å². The molecule has 1 heterocycles. The Morgan fingerprint density at radius 3 is 2.75 bits per heavy atom. The van der Waals surface area contributed by atoms with Crippen LogP contribution in [0.5, 0.6) is 5.88 Å². The predicted octanol–water partition coefficient (Wildman–Crippen LogP) is 3.02. The molecular weight excluding hydrogens is 226 g/mol. The Hall–Kier alpha value is -0.800. The standard InChI is InChI=1S/C12H18ClNO2/c1-2-3-6-15-7-8-16-12-5-4-11(9-13)10-14-12/h4-5,10H,2-3,6-9H2,1H3. The molecule has 0 aliphatic heterocycles. The van der Waals surface area contributed by atoms with Gasteiger partial charge in [-0.2, -0.15) is 0 Å². The van der Waals surface area contributed by atoms with E-state index in [9.17, 15) is 0 Å². The maximum Gasteiger partial charge on any atom is 0.213 e. The van der Waals surface area contributed by atoms with Gasteiger partial charge in [-0.15, -0.1) is 11.6 Å². The fraction of sp³-hybridized carbons (Fsp3) is 0.583. The molecule has 0 aromatic carbocycles. The topological polar surface area (TPSA) is 31.4 Å². The van der Waals surface area contributed by atoms with Gasteiger partial charge in [-0.1, -0.05) is 19.4 Å². The molecule has 0 N–H and O–H groups in total. The summed E-state index contributed by atoms with van der Waals surface area (Å²) in [5.41, 5.74) is 0.994. The average Bonchev–Trinajstić information content (AvgIpc) is 2.34. The second kappa shape index (κ2) is 8.36. The van der Waals surface area contributed by atoms with Gasteiger partial charge < -0.3 is 9.47 Å². The van der Waals surface area contributed by atoms with Crippen molar-refractivity contribution in [3.8, 4) is 5.88 Å². The van der Waals surface area contributed by atoms with Crippen LogP contribution in [0.25, 0.3) is 0 Å². The van der Waals surface area contributed by atoms with E-state index in [2.05, 4.69) is 11.9 Å². The Morgan fingerprint density at radius 2 is 2.12 bits per heavy atom. The first-order valence-corrected chi connectivity index (χ1v) is 6.11. The SMILES string of the molecule is CCCCOCCOc1ccc(CCl)cn1. The van der Waals surface area contributed by atoms with Crippen LogP contribution in [-0.4, -0.2) is 24.8 Å². The fourth-order valence-corrected chi connectivity index (χ4v) is 1.29. The summed E-state index contributed by atoms with van der Waals surface area (Å²) in [4.78, 5) is 4.12. The van der Waals surface area contributed by atoms with E-state index in [-0.39, 0.29) is 0 Å². The van der Waals surface area contributed by atoms with Crippen LogP contribution in [0, 0.1) is 0 Å². The molecule has 0 bridgehead atoms. The van der Waals surface area contributed by atoms with Gasteiger partial charge in [0.25, 0.3) is 0 Å². The van der Waals surface area contributed by atoms with E-state index in [0.717, 1.165) is 25.0 Å². The van der Waals surface area contributed by atoms with Gasteiger partial charge in [-0.05, 0) is 12.0 Å². The zero-order valence-corrected chi connectivity index (χ0v) is 10.4. The highest BCUT2D eigenvalue weighted by Gasteiger charge is 1.96. The third-order valence-electron chi connectivity index (χ3n) is 2.07. The van der Waals surface area contributed by atoms with Crippen LogP contribution in [0.1, 0.15) is 25.3 Å². The van der Waals surface area contributed by atoms with Crippen LogP contribution in [0.4, 0.5) is 0 Å². The van der Waals surface area contributed by atoms with Crippen molar-refractivity contribution >= 4 is 11.6 Å². The Labute approximate surface area is 102 Å². The first-order valence-electron chi connectivity index (χ1n) is 5.58. The minimum Gasteiger partial charge on any atom is -0.475 e. The first kappa shape index (κ1) is 13.3. The Bertz CT molecular complexity index is 277. The van der Waals surface area contributed by atoms with E-state index in [1.807, 2.05) is 12.1 Å². The Balaban J connectivity index is 2.12.